The summed E-state index contributed by atoms with van der Waals surface area (Å²) < 4.78 is 4.78. The summed E-state index contributed by atoms with van der Waals surface area (Å²) >= 11 is 0. The van der Waals surface area contributed by atoms with Crippen LogP contribution < -0.4 is 0 Å². The first kappa shape index (κ1) is 18.2. The first-order valence-corrected chi connectivity index (χ1v) is 6.65. The number of carboxylic acids is 1. The number of urea groups is 1. The second-order valence-corrected chi connectivity index (χ2v) is 4.93. The fraction of sp³-hybridized carbons (Fsp3) is 0.769. The summed E-state index contributed by atoms with van der Waals surface area (Å²) in [6.45, 7) is 6.03. The summed E-state index contributed by atoms with van der Waals surface area (Å²) in [5.74, 6) is -1.27. The highest BCUT2D eigenvalue weighted by Gasteiger charge is 2.21. The average molecular weight is 288 g/mol. The van der Waals surface area contributed by atoms with E-state index in [0.717, 1.165) is 0 Å². The zero-order valence-electron chi connectivity index (χ0n) is 12.6. The lowest BCUT2D eigenvalue weighted by Gasteiger charge is -2.28. The molecule has 0 saturated heterocycles. The van der Waals surface area contributed by atoms with Gasteiger partial charge >= 0.3 is 18.0 Å². The van der Waals surface area contributed by atoms with Gasteiger partial charge < -0.3 is 19.6 Å². The Morgan fingerprint density at radius 1 is 1.25 bits per heavy atom. The molecule has 0 rings (SSSR count). The van der Waals surface area contributed by atoms with Crippen molar-refractivity contribution in [3.8, 4) is 0 Å². The molecule has 0 atom stereocenters. The van der Waals surface area contributed by atoms with Crippen LogP contribution in [0.2, 0.25) is 0 Å². The molecule has 0 aromatic heterocycles. The summed E-state index contributed by atoms with van der Waals surface area (Å²) in [7, 11) is 1.54. The molecule has 2 amide bonds. The third-order valence-corrected chi connectivity index (χ3v) is 2.47. The summed E-state index contributed by atoms with van der Waals surface area (Å²) in [6, 6.07) is -0.398. The number of ether oxygens (including phenoxy) is 1. The minimum atomic E-state index is -1.06. The third kappa shape index (κ3) is 7.60. The van der Waals surface area contributed by atoms with Crippen molar-refractivity contribution >= 4 is 18.0 Å². The lowest BCUT2D eigenvalue weighted by atomic mass is 10.2. The number of esters is 1. The number of carbonyl (C=O) groups is 3. The molecule has 7 heteroatoms. The fourth-order valence-electron chi connectivity index (χ4n) is 1.64. The van der Waals surface area contributed by atoms with Gasteiger partial charge in [0.15, 0.2) is 0 Å². The quantitative estimate of drug-likeness (QED) is 0.674. The molecule has 0 aliphatic carbocycles. The van der Waals surface area contributed by atoms with Gasteiger partial charge in [-0.25, -0.2) is 4.79 Å². The van der Waals surface area contributed by atoms with E-state index >= 15 is 0 Å². The molecular formula is C13H24N2O5. The minimum absolute atomic E-state index is 0.0959. The number of hydrogen-bond acceptors (Lipinski definition) is 4. The van der Waals surface area contributed by atoms with Gasteiger partial charge in [0.25, 0.3) is 0 Å². The normalized spacial score (nSPS) is 10.2. The zero-order valence-corrected chi connectivity index (χ0v) is 12.6. The Morgan fingerprint density at radius 3 is 2.30 bits per heavy atom. The number of carbonyl (C=O) groups excluding carboxylic acids is 2. The number of aliphatic carboxylic acids is 1. The van der Waals surface area contributed by atoms with Crippen molar-refractivity contribution in [3.05, 3.63) is 0 Å². The van der Waals surface area contributed by atoms with E-state index in [-0.39, 0.29) is 31.4 Å². The Balaban J connectivity index is 4.46. The van der Waals surface area contributed by atoms with Crippen molar-refractivity contribution in [1.82, 2.24) is 9.80 Å². The Morgan fingerprint density at radius 2 is 1.85 bits per heavy atom. The molecule has 0 aliphatic rings. The van der Waals surface area contributed by atoms with E-state index in [1.807, 2.05) is 13.8 Å². The third-order valence-electron chi connectivity index (χ3n) is 2.47. The minimum Gasteiger partial charge on any atom is -0.480 e. The highest BCUT2D eigenvalue weighted by Crippen LogP contribution is 2.04. The summed E-state index contributed by atoms with van der Waals surface area (Å²) in [6.07, 6.45) is 0.0959. The molecule has 116 valence electrons. The number of amides is 2. The number of rotatable bonds is 8. The van der Waals surface area contributed by atoms with Crippen molar-refractivity contribution in [2.75, 3.05) is 33.3 Å². The molecule has 0 aromatic carbocycles. The number of carboxylic acid groups (broad SMARTS) is 1. The molecular weight excluding hydrogens is 264 g/mol. The van der Waals surface area contributed by atoms with Crippen LogP contribution in [0, 0.1) is 5.92 Å². The molecule has 0 heterocycles. The molecule has 0 fully saturated rings. The van der Waals surface area contributed by atoms with Crippen LogP contribution in [-0.2, 0) is 14.3 Å². The molecule has 0 saturated carbocycles. The Labute approximate surface area is 119 Å². The molecule has 0 unspecified atom stereocenters. The van der Waals surface area contributed by atoms with Gasteiger partial charge in [0, 0.05) is 20.1 Å². The van der Waals surface area contributed by atoms with E-state index in [1.54, 1.807) is 6.92 Å². The molecule has 0 aromatic rings. The second-order valence-electron chi connectivity index (χ2n) is 4.93. The van der Waals surface area contributed by atoms with Crippen LogP contribution in [0.4, 0.5) is 4.79 Å². The maximum atomic E-state index is 12.1. The first-order chi connectivity index (χ1) is 9.27. The maximum absolute atomic E-state index is 12.1. The van der Waals surface area contributed by atoms with E-state index in [2.05, 4.69) is 0 Å². The van der Waals surface area contributed by atoms with Crippen molar-refractivity contribution in [1.29, 1.82) is 0 Å². The van der Waals surface area contributed by atoms with Gasteiger partial charge in [0.1, 0.15) is 6.54 Å². The monoisotopic (exact) mass is 288 g/mol. The molecule has 1 N–H and O–H groups in total. The lowest BCUT2D eigenvalue weighted by Crippen LogP contribution is -2.45. The van der Waals surface area contributed by atoms with E-state index in [0.29, 0.717) is 13.2 Å². The van der Waals surface area contributed by atoms with Gasteiger partial charge in [-0.05, 0) is 12.8 Å². The lowest BCUT2D eigenvalue weighted by molar-refractivity contribution is -0.143. The fourth-order valence-corrected chi connectivity index (χ4v) is 1.64. The van der Waals surface area contributed by atoms with Crippen LogP contribution in [0.3, 0.4) is 0 Å². The molecule has 7 nitrogen and oxygen atoms in total. The largest absolute Gasteiger partial charge is 0.480 e. The summed E-state index contributed by atoms with van der Waals surface area (Å²) in [5.41, 5.74) is 0. The van der Waals surface area contributed by atoms with Crippen LogP contribution in [-0.4, -0.2) is 66.2 Å². The Bertz CT molecular complexity index is 344. The molecule has 20 heavy (non-hydrogen) atoms. The van der Waals surface area contributed by atoms with E-state index in [9.17, 15) is 14.4 Å². The van der Waals surface area contributed by atoms with Gasteiger partial charge in [-0.15, -0.1) is 0 Å². The molecule has 0 bridgehead atoms. The van der Waals surface area contributed by atoms with Crippen LogP contribution in [0.25, 0.3) is 0 Å². The molecule has 0 spiro atoms. The summed E-state index contributed by atoms with van der Waals surface area (Å²) in [4.78, 5) is 36.7. The standard InChI is InChI=1S/C13H24N2O5/c1-5-20-12(18)6-7-14(4)13(19)15(8-10(2)3)9-11(16)17/h10H,5-9H2,1-4H3,(H,16,17). The van der Waals surface area contributed by atoms with E-state index in [4.69, 9.17) is 9.84 Å². The Kier molecular flexibility index (Phi) is 8.35. The predicted molar refractivity (Wildman–Crippen MR) is 73.3 cm³/mol. The average Bonchev–Trinajstić information content (AvgIpc) is 2.33. The van der Waals surface area contributed by atoms with Crippen LogP contribution in [0.15, 0.2) is 0 Å². The zero-order chi connectivity index (χ0) is 15.7. The van der Waals surface area contributed by atoms with Gasteiger partial charge in [0.05, 0.1) is 13.0 Å². The maximum Gasteiger partial charge on any atom is 0.323 e. The van der Waals surface area contributed by atoms with E-state index in [1.165, 1.54) is 16.8 Å². The van der Waals surface area contributed by atoms with Gasteiger partial charge in [-0.1, -0.05) is 13.8 Å². The SMILES string of the molecule is CCOC(=O)CCN(C)C(=O)N(CC(=O)O)CC(C)C. The Hall–Kier alpha value is -1.79. The van der Waals surface area contributed by atoms with Crippen molar-refractivity contribution < 1.29 is 24.2 Å². The van der Waals surface area contributed by atoms with Crippen LogP contribution >= 0.6 is 0 Å². The molecule has 0 aliphatic heterocycles. The molecule has 0 radical (unpaired) electrons. The highest BCUT2D eigenvalue weighted by molar-refractivity contribution is 5.80. The first-order valence-electron chi connectivity index (χ1n) is 6.65. The smallest absolute Gasteiger partial charge is 0.323 e. The van der Waals surface area contributed by atoms with Gasteiger partial charge in [-0.2, -0.15) is 0 Å². The topological polar surface area (TPSA) is 87.2 Å². The van der Waals surface area contributed by atoms with Crippen molar-refractivity contribution in [2.45, 2.75) is 27.2 Å². The second kappa shape index (κ2) is 9.17. The van der Waals surface area contributed by atoms with Crippen LogP contribution in [0.5, 0.6) is 0 Å². The predicted octanol–water partition coefficient (Wildman–Crippen LogP) is 1.03. The number of nitrogens with zero attached hydrogens (tertiary/aromatic N) is 2. The highest BCUT2D eigenvalue weighted by atomic mass is 16.5. The van der Waals surface area contributed by atoms with Crippen LogP contribution in [0.1, 0.15) is 27.2 Å². The summed E-state index contributed by atoms with van der Waals surface area (Å²) in [5, 5.41) is 8.83. The van der Waals surface area contributed by atoms with Gasteiger partial charge in [-0.3, -0.25) is 9.59 Å². The van der Waals surface area contributed by atoms with E-state index < -0.39 is 12.0 Å². The number of hydrogen-bond donors (Lipinski definition) is 1. The van der Waals surface area contributed by atoms with Gasteiger partial charge in [0.2, 0.25) is 0 Å². The van der Waals surface area contributed by atoms with Crippen molar-refractivity contribution in [3.63, 3.8) is 0 Å². The van der Waals surface area contributed by atoms with Crippen molar-refractivity contribution in [2.24, 2.45) is 5.92 Å².